The number of rotatable bonds is 6. The molecule has 2 heterocycles. The smallest absolute Gasteiger partial charge is 0.137 e. The molecule has 0 N–H and O–H groups in total. The first kappa shape index (κ1) is 33.3. The fourth-order valence-electron chi connectivity index (χ4n) is 9.20. The second-order valence-corrected chi connectivity index (χ2v) is 15.3. The average Bonchev–Trinajstić information content (AvgIpc) is 3.84. The molecule has 276 valence electrons. The molecule has 0 fully saturated rings. The molecule has 0 spiro atoms. The minimum Gasteiger partial charge on any atom is -0.456 e. The SMILES string of the molecule is c1ccc(-c2ccc3c(c2)c2ccccc2n3-c2ccc3c(c2)oc2ccccc23)c(-c2ccc(N(c3ccc4ccccc4c3)c3cccc4ccccc34)cc2)c1. The van der Waals surface area contributed by atoms with Gasteiger partial charge in [-0.15, -0.1) is 0 Å². The van der Waals surface area contributed by atoms with E-state index < -0.39 is 0 Å². The number of furan rings is 1. The van der Waals surface area contributed by atoms with Crippen molar-refractivity contribution in [3.8, 4) is 27.9 Å². The quantitative estimate of drug-likeness (QED) is 0.169. The van der Waals surface area contributed by atoms with Crippen LogP contribution in [0.25, 0.3) is 93.2 Å². The molecule has 0 aliphatic heterocycles. The van der Waals surface area contributed by atoms with Crippen LogP contribution in [0, 0.1) is 0 Å². The van der Waals surface area contributed by atoms with Crippen molar-refractivity contribution in [1.82, 2.24) is 4.57 Å². The van der Waals surface area contributed by atoms with Crippen molar-refractivity contribution in [3.05, 3.63) is 218 Å². The van der Waals surface area contributed by atoms with E-state index in [1.807, 2.05) is 12.1 Å². The van der Waals surface area contributed by atoms with Crippen LogP contribution in [0.2, 0.25) is 0 Å². The summed E-state index contributed by atoms with van der Waals surface area (Å²) in [6, 6.07) is 78.8. The Kier molecular flexibility index (Phi) is 7.54. The van der Waals surface area contributed by atoms with Crippen LogP contribution in [0.5, 0.6) is 0 Å². The average molecular weight is 753 g/mol. The highest BCUT2D eigenvalue weighted by Gasteiger charge is 2.19. The van der Waals surface area contributed by atoms with Crippen molar-refractivity contribution in [2.75, 3.05) is 4.90 Å². The molecule has 12 aromatic rings. The van der Waals surface area contributed by atoms with Gasteiger partial charge in [0.05, 0.1) is 16.7 Å². The molecular formula is C56H36N2O. The van der Waals surface area contributed by atoms with Crippen LogP contribution in [0.15, 0.2) is 223 Å². The lowest BCUT2D eigenvalue weighted by Crippen LogP contribution is -2.10. The maximum absolute atomic E-state index is 6.33. The Bertz CT molecular complexity index is 3570. The Labute approximate surface area is 341 Å². The van der Waals surface area contributed by atoms with E-state index in [4.69, 9.17) is 4.42 Å². The lowest BCUT2D eigenvalue weighted by atomic mass is 9.93. The van der Waals surface area contributed by atoms with E-state index in [0.29, 0.717) is 0 Å². The summed E-state index contributed by atoms with van der Waals surface area (Å²) in [5.41, 5.74) is 13.3. The molecule has 0 bridgehead atoms. The number of para-hydroxylation sites is 2. The summed E-state index contributed by atoms with van der Waals surface area (Å²) in [5.74, 6) is 0. The zero-order valence-corrected chi connectivity index (χ0v) is 32.1. The predicted octanol–water partition coefficient (Wildman–Crippen LogP) is 15.8. The van der Waals surface area contributed by atoms with Gasteiger partial charge < -0.3 is 13.9 Å². The molecule has 59 heavy (non-hydrogen) atoms. The number of benzene rings is 10. The minimum absolute atomic E-state index is 0.892. The molecule has 12 rings (SSSR count). The van der Waals surface area contributed by atoms with Gasteiger partial charge >= 0.3 is 0 Å². The van der Waals surface area contributed by atoms with Crippen LogP contribution in [-0.2, 0) is 0 Å². The molecular weight excluding hydrogens is 717 g/mol. The van der Waals surface area contributed by atoms with Crippen molar-refractivity contribution in [2.24, 2.45) is 0 Å². The van der Waals surface area contributed by atoms with Crippen LogP contribution >= 0.6 is 0 Å². The van der Waals surface area contributed by atoms with Crippen molar-refractivity contribution < 1.29 is 4.42 Å². The van der Waals surface area contributed by atoms with E-state index in [1.54, 1.807) is 0 Å². The summed E-state index contributed by atoms with van der Waals surface area (Å²) < 4.78 is 8.69. The predicted molar refractivity (Wildman–Crippen MR) is 249 cm³/mol. The number of aromatic nitrogens is 1. The van der Waals surface area contributed by atoms with Crippen LogP contribution in [0.3, 0.4) is 0 Å². The molecule has 0 atom stereocenters. The lowest BCUT2D eigenvalue weighted by molar-refractivity contribution is 0.668. The molecule has 0 aliphatic carbocycles. The molecule has 0 radical (unpaired) electrons. The van der Waals surface area contributed by atoms with Crippen LogP contribution < -0.4 is 4.90 Å². The zero-order valence-electron chi connectivity index (χ0n) is 32.1. The Morgan fingerprint density at radius 1 is 0.339 bits per heavy atom. The molecule has 0 unspecified atom stereocenters. The van der Waals surface area contributed by atoms with E-state index in [1.165, 1.54) is 60.1 Å². The lowest BCUT2D eigenvalue weighted by Gasteiger charge is -2.27. The first-order valence-electron chi connectivity index (χ1n) is 20.2. The summed E-state index contributed by atoms with van der Waals surface area (Å²) in [7, 11) is 0. The zero-order chi connectivity index (χ0) is 38.9. The normalized spacial score (nSPS) is 11.7. The van der Waals surface area contributed by atoms with Crippen molar-refractivity contribution in [1.29, 1.82) is 0 Å². The topological polar surface area (TPSA) is 21.3 Å². The fourth-order valence-corrected chi connectivity index (χ4v) is 9.20. The minimum atomic E-state index is 0.892. The molecule has 2 aromatic heterocycles. The van der Waals surface area contributed by atoms with Crippen molar-refractivity contribution >= 4 is 82.4 Å². The van der Waals surface area contributed by atoms with E-state index in [0.717, 1.165) is 50.2 Å². The summed E-state index contributed by atoms with van der Waals surface area (Å²) >= 11 is 0. The van der Waals surface area contributed by atoms with Crippen molar-refractivity contribution in [2.45, 2.75) is 0 Å². The van der Waals surface area contributed by atoms with Gasteiger partial charge in [0.2, 0.25) is 0 Å². The van der Waals surface area contributed by atoms with E-state index in [2.05, 4.69) is 216 Å². The molecule has 3 nitrogen and oxygen atoms in total. The monoisotopic (exact) mass is 752 g/mol. The third-order valence-electron chi connectivity index (χ3n) is 12.0. The number of anilines is 3. The van der Waals surface area contributed by atoms with Gasteiger partial charge in [-0.2, -0.15) is 0 Å². The highest BCUT2D eigenvalue weighted by molar-refractivity contribution is 6.12. The second kappa shape index (κ2) is 13.4. The van der Waals surface area contributed by atoms with Gasteiger partial charge in [0.25, 0.3) is 0 Å². The molecule has 3 heteroatoms. The first-order chi connectivity index (χ1) is 29.2. The highest BCUT2D eigenvalue weighted by atomic mass is 16.3. The van der Waals surface area contributed by atoms with Gasteiger partial charge in [-0.05, 0) is 105 Å². The van der Waals surface area contributed by atoms with E-state index >= 15 is 0 Å². The summed E-state index contributed by atoms with van der Waals surface area (Å²) in [6.45, 7) is 0. The molecule has 0 saturated heterocycles. The third-order valence-corrected chi connectivity index (χ3v) is 12.0. The Morgan fingerprint density at radius 2 is 0.966 bits per heavy atom. The van der Waals surface area contributed by atoms with E-state index in [9.17, 15) is 0 Å². The van der Waals surface area contributed by atoms with Gasteiger partial charge in [0.1, 0.15) is 11.2 Å². The maximum atomic E-state index is 6.33. The highest BCUT2D eigenvalue weighted by Crippen LogP contribution is 2.43. The maximum Gasteiger partial charge on any atom is 0.137 e. The van der Waals surface area contributed by atoms with E-state index in [-0.39, 0.29) is 0 Å². The van der Waals surface area contributed by atoms with Crippen LogP contribution in [-0.4, -0.2) is 4.57 Å². The Morgan fingerprint density at radius 3 is 1.83 bits per heavy atom. The largest absolute Gasteiger partial charge is 0.456 e. The van der Waals surface area contributed by atoms with Crippen LogP contribution in [0.4, 0.5) is 17.1 Å². The standard InChI is InChI=1S/C56H36N2O/c1-2-14-40-34-43(30-24-37(40)12-1)57(52-22-11-15-38-13-3-4-18-47(38)52)42-28-25-39(26-29-42)45-16-5-6-17-46(45)41-27-33-54-51(35-41)48-19-7-9-21-53(48)58(54)44-31-32-50-49-20-8-10-23-55(49)59-56(50)36-44/h1-36H. The Hall–Kier alpha value is -7.88. The number of hydrogen-bond donors (Lipinski definition) is 0. The van der Waals surface area contributed by atoms with Gasteiger partial charge in [0.15, 0.2) is 0 Å². The number of hydrogen-bond acceptors (Lipinski definition) is 2. The molecule has 0 aliphatic rings. The summed E-state index contributed by atoms with van der Waals surface area (Å²) in [5, 5.41) is 9.58. The Balaban J connectivity index is 0.961. The van der Waals surface area contributed by atoms with Gasteiger partial charge in [-0.25, -0.2) is 0 Å². The summed E-state index contributed by atoms with van der Waals surface area (Å²) in [4.78, 5) is 2.39. The second-order valence-electron chi connectivity index (χ2n) is 15.3. The van der Waals surface area contributed by atoms with Crippen LogP contribution in [0.1, 0.15) is 0 Å². The number of nitrogens with zero attached hydrogens (tertiary/aromatic N) is 2. The number of fused-ring (bicyclic) bond motifs is 8. The van der Waals surface area contributed by atoms with Gasteiger partial charge in [-0.1, -0.05) is 146 Å². The van der Waals surface area contributed by atoms with Gasteiger partial charge in [0, 0.05) is 50.1 Å². The molecule has 0 amide bonds. The fraction of sp³-hybridized carbons (Fsp3) is 0. The van der Waals surface area contributed by atoms with Crippen molar-refractivity contribution in [3.63, 3.8) is 0 Å². The summed E-state index contributed by atoms with van der Waals surface area (Å²) in [6.07, 6.45) is 0. The third kappa shape index (κ3) is 5.44. The molecule has 0 saturated carbocycles. The van der Waals surface area contributed by atoms with Gasteiger partial charge in [-0.3, -0.25) is 0 Å². The first-order valence-corrected chi connectivity index (χ1v) is 20.2. The molecule has 10 aromatic carbocycles.